The Morgan fingerprint density at radius 3 is 2.48 bits per heavy atom. The van der Waals surface area contributed by atoms with Gasteiger partial charge in [-0.1, -0.05) is 0 Å². The number of carbonyl (C=O) groups is 2. The zero-order valence-electron chi connectivity index (χ0n) is 15.6. The minimum absolute atomic E-state index is 0.297. The molecule has 25 heavy (non-hydrogen) atoms. The van der Waals surface area contributed by atoms with Crippen molar-refractivity contribution in [2.45, 2.75) is 26.4 Å². The first-order valence-electron chi connectivity index (χ1n) is 8.34. The number of nitrogens with one attached hydrogen (secondary N) is 1. The van der Waals surface area contributed by atoms with Gasteiger partial charge in [0.05, 0.1) is 5.69 Å². The molecule has 2 amide bonds. The average molecular weight is 349 g/mol. The van der Waals surface area contributed by atoms with Crippen LogP contribution in [0.15, 0.2) is 12.3 Å². The summed E-state index contributed by atoms with van der Waals surface area (Å²) in [6.45, 7) is 7.91. The second-order valence-electron chi connectivity index (χ2n) is 6.95. The van der Waals surface area contributed by atoms with Crippen molar-refractivity contribution < 1.29 is 14.3 Å². The predicted octanol–water partition coefficient (Wildman–Crippen LogP) is 1.77. The highest BCUT2D eigenvalue weighted by Gasteiger charge is 2.28. The molecule has 0 atom stereocenters. The average Bonchev–Trinajstić information content (AvgIpc) is 2.59. The highest BCUT2D eigenvalue weighted by Crippen LogP contribution is 2.33. The zero-order valence-corrected chi connectivity index (χ0v) is 15.6. The Hall–Kier alpha value is -2.51. The molecule has 0 aliphatic carbocycles. The first-order valence-corrected chi connectivity index (χ1v) is 8.34. The van der Waals surface area contributed by atoms with E-state index in [1.54, 1.807) is 18.1 Å². The van der Waals surface area contributed by atoms with Crippen LogP contribution >= 0.6 is 0 Å². The molecule has 0 spiro atoms. The molecule has 0 bridgehead atoms. The van der Waals surface area contributed by atoms with E-state index in [-0.39, 0.29) is 6.09 Å². The summed E-state index contributed by atoms with van der Waals surface area (Å²) >= 11 is 0. The largest absolute Gasteiger partial charge is 0.444 e. The van der Waals surface area contributed by atoms with Crippen molar-refractivity contribution >= 4 is 29.7 Å². The molecular weight excluding hydrogens is 322 g/mol. The summed E-state index contributed by atoms with van der Waals surface area (Å²) in [4.78, 5) is 33.2. The van der Waals surface area contributed by atoms with Crippen LogP contribution in [-0.4, -0.2) is 68.3 Å². The van der Waals surface area contributed by atoms with Gasteiger partial charge in [-0.15, -0.1) is 0 Å². The molecule has 0 radical (unpaired) electrons. The van der Waals surface area contributed by atoms with Gasteiger partial charge in [0.2, 0.25) is 6.41 Å². The molecule has 2 heterocycles. The summed E-state index contributed by atoms with van der Waals surface area (Å²) in [5.74, 6) is 0.727. The fourth-order valence-electron chi connectivity index (χ4n) is 2.70. The van der Waals surface area contributed by atoms with E-state index in [2.05, 4.69) is 15.2 Å². The molecule has 1 saturated heterocycles. The highest BCUT2D eigenvalue weighted by atomic mass is 16.6. The minimum atomic E-state index is -0.503. The van der Waals surface area contributed by atoms with Gasteiger partial charge in [0.25, 0.3) is 0 Å². The van der Waals surface area contributed by atoms with Crippen LogP contribution in [-0.2, 0) is 9.53 Å². The lowest BCUT2D eigenvalue weighted by molar-refractivity contribution is -0.107. The summed E-state index contributed by atoms with van der Waals surface area (Å²) in [7, 11) is 3.51. The van der Waals surface area contributed by atoms with Crippen LogP contribution in [0.4, 0.5) is 22.0 Å². The van der Waals surface area contributed by atoms with Gasteiger partial charge in [0.15, 0.2) is 5.82 Å². The molecule has 1 aromatic heterocycles. The van der Waals surface area contributed by atoms with E-state index in [1.165, 1.54) is 4.90 Å². The lowest BCUT2D eigenvalue weighted by atomic mass is 10.2. The quantitative estimate of drug-likeness (QED) is 0.835. The van der Waals surface area contributed by atoms with Crippen molar-refractivity contribution in [3.05, 3.63) is 12.3 Å². The first kappa shape index (κ1) is 18.8. The molecule has 138 valence electrons. The summed E-state index contributed by atoms with van der Waals surface area (Å²) in [5.41, 5.74) is 1.05. The smallest absolute Gasteiger partial charge is 0.410 e. The van der Waals surface area contributed by atoms with E-state index < -0.39 is 5.60 Å². The minimum Gasteiger partial charge on any atom is -0.444 e. The van der Waals surface area contributed by atoms with E-state index in [1.807, 2.05) is 33.9 Å². The summed E-state index contributed by atoms with van der Waals surface area (Å²) in [6, 6.07) is 1.83. The van der Waals surface area contributed by atoms with Crippen molar-refractivity contribution in [3.8, 4) is 0 Å². The maximum atomic E-state index is 12.2. The van der Waals surface area contributed by atoms with E-state index >= 15 is 0 Å². The molecule has 8 heteroatoms. The molecular formula is C17H27N5O3. The number of hydrogen-bond donors (Lipinski definition) is 1. The van der Waals surface area contributed by atoms with Gasteiger partial charge in [-0.3, -0.25) is 4.79 Å². The van der Waals surface area contributed by atoms with Crippen LogP contribution in [0.2, 0.25) is 0 Å². The van der Waals surface area contributed by atoms with Crippen molar-refractivity contribution in [1.29, 1.82) is 0 Å². The third-order valence-corrected chi connectivity index (χ3v) is 3.92. The Bertz CT molecular complexity index is 621. The van der Waals surface area contributed by atoms with Crippen molar-refractivity contribution in [3.63, 3.8) is 0 Å². The Morgan fingerprint density at radius 1 is 1.32 bits per heavy atom. The van der Waals surface area contributed by atoms with Gasteiger partial charge >= 0.3 is 6.09 Å². The van der Waals surface area contributed by atoms with E-state index in [4.69, 9.17) is 4.74 Å². The van der Waals surface area contributed by atoms with E-state index in [0.717, 1.165) is 23.6 Å². The maximum Gasteiger partial charge on any atom is 0.410 e. The molecule has 1 aliphatic rings. The number of anilines is 3. The molecule has 1 aliphatic heterocycles. The number of ether oxygens (including phenoxy) is 1. The van der Waals surface area contributed by atoms with Gasteiger partial charge in [-0.25, -0.2) is 9.78 Å². The fraction of sp³-hybridized carbons (Fsp3) is 0.588. The molecule has 8 nitrogen and oxygen atoms in total. The van der Waals surface area contributed by atoms with E-state index in [9.17, 15) is 9.59 Å². The number of amides is 2. The lowest BCUT2D eigenvalue weighted by Crippen LogP contribution is -2.50. The molecule has 1 aromatic rings. The third kappa shape index (κ3) is 4.52. The summed E-state index contributed by atoms with van der Waals surface area (Å²) in [5, 5.41) is 3.09. The van der Waals surface area contributed by atoms with Gasteiger partial charge in [-0.05, 0) is 26.8 Å². The topological polar surface area (TPSA) is 78.0 Å². The summed E-state index contributed by atoms with van der Waals surface area (Å²) in [6.07, 6.45) is 2.18. The summed E-state index contributed by atoms with van der Waals surface area (Å²) < 4.78 is 5.42. The Morgan fingerprint density at radius 2 is 1.96 bits per heavy atom. The van der Waals surface area contributed by atoms with Crippen molar-refractivity contribution in [2.24, 2.45) is 0 Å². The monoisotopic (exact) mass is 349 g/mol. The van der Waals surface area contributed by atoms with Crippen LogP contribution in [0.5, 0.6) is 0 Å². The standard InChI is InChI=1S/C17H27N5O3/c1-17(2,3)25-16(24)22-10-8-21(9-11-22)15-14(20(5)12-23)13(18-4)6-7-19-15/h6-7,12H,8-11H2,1-5H3,(H,18,19). The number of nitrogens with zero attached hydrogens (tertiary/aromatic N) is 4. The number of hydrogen-bond acceptors (Lipinski definition) is 6. The number of carbonyl (C=O) groups excluding carboxylic acids is 2. The number of pyridine rings is 1. The highest BCUT2D eigenvalue weighted by molar-refractivity contribution is 5.90. The van der Waals surface area contributed by atoms with Crippen molar-refractivity contribution in [2.75, 3.05) is 55.4 Å². The van der Waals surface area contributed by atoms with Gasteiger partial charge in [0, 0.05) is 46.5 Å². The maximum absolute atomic E-state index is 12.2. The Labute approximate surface area is 148 Å². The Balaban J connectivity index is 2.13. The van der Waals surface area contributed by atoms with Crippen LogP contribution in [0.1, 0.15) is 20.8 Å². The second-order valence-corrected chi connectivity index (χ2v) is 6.95. The molecule has 2 rings (SSSR count). The third-order valence-electron chi connectivity index (χ3n) is 3.92. The second kappa shape index (κ2) is 7.58. The molecule has 1 N–H and O–H groups in total. The predicted molar refractivity (Wildman–Crippen MR) is 98.3 cm³/mol. The zero-order chi connectivity index (χ0) is 18.6. The van der Waals surface area contributed by atoms with Gasteiger partial charge in [0.1, 0.15) is 11.3 Å². The lowest BCUT2D eigenvalue weighted by Gasteiger charge is -2.37. The SMILES string of the molecule is CNc1ccnc(N2CCN(C(=O)OC(C)(C)C)CC2)c1N(C)C=O. The normalized spacial score (nSPS) is 14.9. The number of rotatable bonds is 4. The van der Waals surface area contributed by atoms with Gasteiger partial charge in [-0.2, -0.15) is 0 Å². The number of aromatic nitrogens is 1. The van der Waals surface area contributed by atoms with Gasteiger partial charge < -0.3 is 24.8 Å². The number of piperazine rings is 1. The molecule has 0 unspecified atom stereocenters. The van der Waals surface area contributed by atoms with Crippen LogP contribution in [0.3, 0.4) is 0 Å². The fourth-order valence-corrected chi connectivity index (χ4v) is 2.70. The van der Waals surface area contributed by atoms with Crippen LogP contribution in [0, 0.1) is 0 Å². The van der Waals surface area contributed by atoms with Crippen LogP contribution in [0.25, 0.3) is 0 Å². The molecule has 0 saturated carbocycles. The Kier molecular flexibility index (Phi) is 5.71. The van der Waals surface area contributed by atoms with Crippen molar-refractivity contribution in [1.82, 2.24) is 9.88 Å². The first-order chi connectivity index (χ1) is 11.8. The molecule has 0 aromatic carbocycles. The molecule has 1 fully saturated rings. The van der Waals surface area contributed by atoms with E-state index in [0.29, 0.717) is 26.2 Å². The van der Waals surface area contributed by atoms with Crippen LogP contribution < -0.4 is 15.1 Å².